The molecule has 9 nitrogen and oxygen atoms in total. The molecule has 0 bridgehead atoms. The Labute approximate surface area is 160 Å². The van der Waals surface area contributed by atoms with Crippen molar-refractivity contribution in [2.24, 2.45) is 5.10 Å². The smallest absolute Gasteiger partial charge is 0.282 e. The number of rotatable bonds is 5. The standard InChI is InChI=1S/C19H17N5O4/c1-12-5-3-7-15(9-12)23-19(26)17(13(2)22-23)11-20-21-18(25)14-6-4-8-16(10-14)24(27)28/h3-11,20H,1-2H3,(H,21,25)/b17-11+. The molecule has 2 amide bonds. The minimum Gasteiger partial charge on any atom is -0.305 e. The molecule has 0 radical (unpaired) electrons. The lowest BCUT2D eigenvalue weighted by atomic mass is 10.2. The first-order chi connectivity index (χ1) is 13.4. The molecule has 9 heteroatoms. The van der Waals surface area contributed by atoms with Crippen molar-refractivity contribution in [3.63, 3.8) is 0 Å². The number of nitrogens with zero attached hydrogens (tertiary/aromatic N) is 3. The van der Waals surface area contributed by atoms with E-state index in [-0.39, 0.29) is 17.2 Å². The second-order valence-electron chi connectivity index (χ2n) is 6.11. The molecule has 1 aliphatic heterocycles. The summed E-state index contributed by atoms with van der Waals surface area (Å²) in [6.07, 6.45) is 1.34. The Hall–Kier alpha value is -4.01. The number of nitrogens with one attached hydrogen (secondary N) is 2. The van der Waals surface area contributed by atoms with E-state index in [0.29, 0.717) is 17.0 Å². The Morgan fingerprint density at radius 3 is 2.64 bits per heavy atom. The van der Waals surface area contributed by atoms with Gasteiger partial charge in [0.25, 0.3) is 17.5 Å². The minimum atomic E-state index is -0.580. The van der Waals surface area contributed by atoms with Gasteiger partial charge < -0.3 is 5.43 Å². The van der Waals surface area contributed by atoms with Gasteiger partial charge in [-0.3, -0.25) is 25.1 Å². The van der Waals surface area contributed by atoms with E-state index in [1.54, 1.807) is 13.0 Å². The second kappa shape index (κ2) is 7.70. The average Bonchev–Trinajstić information content (AvgIpc) is 2.96. The van der Waals surface area contributed by atoms with Gasteiger partial charge in [-0.15, -0.1) is 0 Å². The van der Waals surface area contributed by atoms with Crippen LogP contribution in [0.2, 0.25) is 0 Å². The Bertz CT molecular complexity index is 1030. The van der Waals surface area contributed by atoms with E-state index >= 15 is 0 Å². The van der Waals surface area contributed by atoms with Gasteiger partial charge >= 0.3 is 0 Å². The summed E-state index contributed by atoms with van der Waals surface area (Å²) in [5.41, 5.74) is 7.30. The molecule has 0 atom stereocenters. The number of nitro groups is 1. The molecule has 28 heavy (non-hydrogen) atoms. The van der Waals surface area contributed by atoms with Crippen LogP contribution in [0.15, 0.2) is 65.4 Å². The molecule has 0 saturated carbocycles. The number of nitro benzene ring substituents is 1. The van der Waals surface area contributed by atoms with Gasteiger partial charge in [-0.25, -0.2) is 0 Å². The van der Waals surface area contributed by atoms with E-state index in [1.165, 1.54) is 29.4 Å². The first-order valence-corrected chi connectivity index (χ1v) is 8.34. The van der Waals surface area contributed by atoms with E-state index in [2.05, 4.69) is 16.0 Å². The van der Waals surface area contributed by atoms with Crippen molar-refractivity contribution in [1.82, 2.24) is 10.9 Å². The largest absolute Gasteiger partial charge is 0.305 e. The van der Waals surface area contributed by atoms with Crippen molar-refractivity contribution in [2.75, 3.05) is 5.01 Å². The highest BCUT2D eigenvalue weighted by Gasteiger charge is 2.28. The van der Waals surface area contributed by atoms with E-state index in [4.69, 9.17) is 0 Å². The molecule has 3 rings (SSSR count). The summed E-state index contributed by atoms with van der Waals surface area (Å²) in [4.78, 5) is 35.0. The zero-order valence-electron chi connectivity index (χ0n) is 15.2. The first kappa shape index (κ1) is 18.8. The third-order valence-electron chi connectivity index (χ3n) is 4.03. The van der Waals surface area contributed by atoms with Crippen molar-refractivity contribution >= 4 is 28.9 Å². The van der Waals surface area contributed by atoms with Crippen molar-refractivity contribution in [1.29, 1.82) is 0 Å². The van der Waals surface area contributed by atoms with Crippen molar-refractivity contribution in [3.05, 3.63) is 81.5 Å². The van der Waals surface area contributed by atoms with E-state index in [1.807, 2.05) is 25.1 Å². The van der Waals surface area contributed by atoms with Gasteiger partial charge in [-0.1, -0.05) is 18.2 Å². The van der Waals surface area contributed by atoms with Gasteiger partial charge in [0.2, 0.25) is 0 Å². The maximum Gasteiger partial charge on any atom is 0.282 e. The topological polar surface area (TPSA) is 117 Å². The molecule has 2 N–H and O–H groups in total. The maximum atomic E-state index is 12.6. The van der Waals surface area contributed by atoms with Crippen LogP contribution in [0.4, 0.5) is 11.4 Å². The fourth-order valence-electron chi connectivity index (χ4n) is 2.63. The number of non-ortho nitro benzene ring substituents is 1. The number of aryl methyl sites for hydroxylation is 1. The van der Waals surface area contributed by atoms with Crippen LogP contribution in [0.1, 0.15) is 22.8 Å². The van der Waals surface area contributed by atoms with Crippen molar-refractivity contribution in [2.45, 2.75) is 13.8 Å². The van der Waals surface area contributed by atoms with Crippen LogP contribution < -0.4 is 15.9 Å². The summed E-state index contributed by atoms with van der Waals surface area (Å²) < 4.78 is 0. The lowest BCUT2D eigenvalue weighted by molar-refractivity contribution is -0.384. The molecular weight excluding hydrogens is 362 g/mol. The van der Waals surface area contributed by atoms with E-state index in [9.17, 15) is 19.7 Å². The zero-order chi connectivity index (χ0) is 20.3. The zero-order valence-corrected chi connectivity index (χ0v) is 15.2. The quantitative estimate of drug-likeness (QED) is 0.470. The van der Waals surface area contributed by atoms with Gasteiger partial charge in [0, 0.05) is 23.9 Å². The molecule has 0 aliphatic carbocycles. The van der Waals surface area contributed by atoms with Crippen LogP contribution in [-0.4, -0.2) is 22.4 Å². The summed E-state index contributed by atoms with van der Waals surface area (Å²) in [5.74, 6) is -0.906. The van der Waals surface area contributed by atoms with Crippen LogP contribution in [0.5, 0.6) is 0 Å². The minimum absolute atomic E-state index is 0.115. The SMILES string of the molecule is CC1=NN(c2cccc(C)c2)C(=O)/C1=C/NNC(=O)c1cccc([N+](=O)[O-])c1. The fraction of sp³-hybridized carbons (Fsp3) is 0.105. The predicted octanol–water partition coefficient (Wildman–Crippen LogP) is 2.44. The highest BCUT2D eigenvalue weighted by molar-refractivity contribution is 6.29. The number of carbonyl (C=O) groups excluding carboxylic acids is 2. The predicted molar refractivity (Wildman–Crippen MR) is 104 cm³/mol. The van der Waals surface area contributed by atoms with Gasteiger partial charge in [0.1, 0.15) is 0 Å². The third kappa shape index (κ3) is 3.88. The molecule has 0 saturated heterocycles. The van der Waals surface area contributed by atoms with Gasteiger partial charge in [-0.2, -0.15) is 10.1 Å². The van der Waals surface area contributed by atoms with Gasteiger partial charge in [-0.05, 0) is 37.6 Å². The molecule has 0 spiro atoms. The van der Waals surface area contributed by atoms with Crippen LogP contribution in [0.3, 0.4) is 0 Å². The molecule has 2 aromatic rings. The van der Waals surface area contributed by atoms with Gasteiger partial charge in [0.05, 0.1) is 21.9 Å². The van der Waals surface area contributed by atoms with E-state index < -0.39 is 10.8 Å². The number of hydrogen-bond donors (Lipinski definition) is 2. The average molecular weight is 379 g/mol. The second-order valence-corrected chi connectivity index (χ2v) is 6.11. The number of amides is 2. The normalized spacial score (nSPS) is 14.8. The summed E-state index contributed by atoms with van der Waals surface area (Å²) in [5, 5.41) is 16.3. The first-order valence-electron chi connectivity index (χ1n) is 8.34. The third-order valence-corrected chi connectivity index (χ3v) is 4.03. The maximum absolute atomic E-state index is 12.6. The Balaban J connectivity index is 1.68. The molecule has 1 aliphatic rings. The summed E-state index contributed by atoms with van der Waals surface area (Å²) in [7, 11) is 0. The fourth-order valence-corrected chi connectivity index (χ4v) is 2.63. The number of benzene rings is 2. The lowest BCUT2D eigenvalue weighted by Crippen LogP contribution is -2.34. The number of carbonyl (C=O) groups is 2. The van der Waals surface area contributed by atoms with Crippen molar-refractivity contribution < 1.29 is 14.5 Å². The van der Waals surface area contributed by atoms with E-state index in [0.717, 1.165) is 11.6 Å². The molecule has 0 aromatic heterocycles. The van der Waals surface area contributed by atoms with Crippen LogP contribution in [-0.2, 0) is 4.79 Å². The molecule has 2 aromatic carbocycles. The van der Waals surface area contributed by atoms with Crippen molar-refractivity contribution in [3.8, 4) is 0 Å². The number of hydrazone groups is 1. The molecule has 1 heterocycles. The Kier molecular flexibility index (Phi) is 5.16. The van der Waals surface area contributed by atoms with Crippen LogP contribution in [0, 0.1) is 17.0 Å². The molecule has 142 valence electrons. The highest BCUT2D eigenvalue weighted by Crippen LogP contribution is 2.23. The molecular formula is C19H17N5O4. The number of hydrazine groups is 1. The number of hydrogen-bond acceptors (Lipinski definition) is 6. The van der Waals surface area contributed by atoms with Gasteiger partial charge in [0.15, 0.2) is 0 Å². The van der Waals surface area contributed by atoms with Crippen LogP contribution in [0.25, 0.3) is 0 Å². The Morgan fingerprint density at radius 1 is 1.18 bits per heavy atom. The monoisotopic (exact) mass is 379 g/mol. The van der Waals surface area contributed by atoms with Crippen LogP contribution >= 0.6 is 0 Å². The molecule has 0 unspecified atom stereocenters. The summed E-state index contributed by atoms with van der Waals surface area (Å²) in [6, 6.07) is 12.7. The summed E-state index contributed by atoms with van der Waals surface area (Å²) >= 11 is 0. The number of anilines is 1. The molecule has 0 fully saturated rings. The lowest BCUT2D eigenvalue weighted by Gasteiger charge is -2.12. The summed E-state index contributed by atoms with van der Waals surface area (Å²) in [6.45, 7) is 3.60. The Morgan fingerprint density at radius 2 is 1.93 bits per heavy atom. The highest BCUT2D eigenvalue weighted by atomic mass is 16.6.